The molecule has 0 saturated heterocycles. The smallest absolute Gasteiger partial charge is 0.491 e. The normalized spacial score (nSPS) is 11.2. The van der Waals surface area contributed by atoms with Gasteiger partial charge in [-0.25, -0.2) is 4.79 Å². The third-order valence-corrected chi connectivity index (χ3v) is 3.20. The summed E-state index contributed by atoms with van der Waals surface area (Å²) in [6.07, 6.45) is -5.21. The predicted molar refractivity (Wildman–Crippen MR) is 79.8 cm³/mol. The molecule has 0 aliphatic rings. The molecule has 3 N–H and O–H groups in total. The Balaban J connectivity index is 2.83. The molecule has 0 saturated carbocycles. The van der Waals surface area contributed by atoms with Crippen LogP contribution in [0.15, 0.2) is 24.3 Å². The molecule has 2 rings (SSSR count). The number of benzene rings is 2. The third kappa shape index (κ3) is 3.05. The van der Waals surface area contributed by atoms with E-state index in [0.29, 0.717) is 5.39 Å². The van der Waals surface area contributed by atoms with E-state index in [1.807, 2.05) is 0 Å². The van der Waals surface area contributed by atoms with Gasteiger partial charge in [0.1, 0.15) is 5.84 Å². The minimum atomic E-state index is -5.21. The van der Waals surface area contributed by atoms with Crippen LogP contribution in [0.25, 0.3) is 10.8 Å². The first-order valence-electron chi connectivity index (χ1n) is 6.51. The van der Waals surface area contributed by atoms with Gasteiger partial charge < -0.3 is 19.9 Å². The first kappa shape index (κ1) is 17.4. The van der Waals surface area contributed by atoms with Gasteiger partial charge in [-0.1, -0.05) is 12.1 Å². The van der Waals surface area contributed by atoms with Crippen molar-refractivity contribution in [2.24, 2.45) is 5.73 Å². The number of ether oxygens (including phenoxy) is 3. The first-order chi connectivity index (χ1) is 11.2. The number of alkyl halides is 3. The zero-order valence-electron chi connectivity index (χ0n) is 12.7. The summed E-state index contributed by atoms with van der Waals surface area (Å²) in [5.74, 6) is -3.23. The molecule has 0 aliphatic heterocycles. The predicted octanol–water partition coefficient (Wildman–Crippen LogP) is 2.61. The van der Waals surface area contributed by atoms with Crippen LogP contribution in [0.1, 0.15) is 5.56 Å². The van der Waals surface area contributed by atoms with Crippen molar-refractivity contribution in [3.05, 3.63) is 29.8 Å². The number of amidine groups is 1. The number of hydrogen-bond donors (Lipinski definition) is 2. The maximum Gasteiger partial charge on any atom is 0.491 e. The van der Waals surface area contributed by atoms with Gasteiger partial charge in [-0.15, -0.1) is 0 Å². The Morgan fingerprint density at radius 2 is 1.71 bits per heavy atom. The Morgan fingerprint density at radius 1 is 1.08 bits per heavy atom. The lowest BCUT2D eigenvalue weighted by Crippen LogP contribution is -2.29. The Kier molecular flexibility index (Phi) is 4.54. The van der Waals surface area contributed by atoms with Crippen molar-refractivity contribution in [1.82, 2.24) is 0 Å². The first-order valence-corrected chi connectivity index (χ1v) is 6.51. The third-order valence-electron chi connectivity index (χ3n) is 3.20. The fourth-order valence-corrected chi connectivity index (χ4v) is 2.17. The van der Waals surface area contributed by atoms with Crippen LogP contribution >= 0.6 is 0 Å². The zero-order chi connectivity index (χ0) is 18.1. The van der Waals surface area contributed by atoms with Crippen molar-refractivity contribution in [3.63, 3.8) is 0 Å². The van der Waals surface area contributed by atoms with Gasteiger partial charge in [-0.2, -0.15) is 13.2 Å². The lowest BCUT2D eigenvalue weighted by molar-refractivity contribution is -0.189. The highest BCUT2D eigenvalue weighted by Gasteiger charge is 2.42. The second kappa shape index (κ2) is 6.26. The molecule has 0 heterocycles. The van der Waals surface area contributed by atoms with E-state index >= 15 is 0 Å². The van der Waals surface area contributed by atoms with Crippen LogP contribution < -0.4 is 19.9 Å². The van der Waals surface area contributed by atoms with E-state index in [9.17, 15) is 18.0 Å². The number of nitrogens with two attached hydrogens (primary N) is 1. The average Bonchev–Trinajstić information content (AvgIpc) is 2.52. The van der Waals surface area contributed by atoms with Crippen molar-refractivity contribution in [3.8, 4) is 17.2 Å². The lowest BCUT2D eigenvalue weighted by atomic mass is 10.0. The minimum Gasteiger partial charge on any atom is -0.493 e. The maximum absolute atomic E-state index is 12.6. The number of carbonyl (C=O) groups is 1. The molecule has 0 amide bonds. The summed E-state index contributed by atoms with van der Waals surface area (Å²) in [6.45, 7) is 0. The number of fused-ring (bicyclic) bond motifs is 1. The summed E-state index contributed by atoms with van der Waals surface area (Å²) < 4.78 is 52.5. The molecule has 0 radical (unpaired) electrons. The molecule has 128 valence electrons. The molecule has 6 nitrogen and oxygen atoms in total. The number of carbonyl (C=O) groups excluding carboxylic acids is 1. The minimum absolute atomic E-state index is 0.0437. The second-order valence-electron chi connectivity index (χ2n) is 4.64. The molecular formula is C15H13F3N2O4. The van der Waals surface area contributed by atoms with Crippen LogP contribution in [0.2, 0.25) is 0 Å². The monoisotopic (exact) mass is 342 g/mol. The van der Waals surface area contributed by atoms with Gasteiger partial charge in [0.2, 0.25) is 0 Å². The van der Waals surface area contributed by atoms with Gasteiger partial charge in [0.25, 0.3) is 0 Å². The van der Waals surface area contributed by atoms with Gasteiger partial charge in [0.05, 0.1) is 25.2 Å². The van der Waals surface area contributed by atoms with Crippen LogP contribution in [-0.2, 0) is 4.79 Å². The van der Waals surface area contributed by atoms with Crippen molar-refractivity contribution in [2.75, 3.05) is 14.2 Å². The van der Waals surface area contributed by atoms with E-state index in [1.165, 1.54) is 26.4 Å². The van der Waals surface area contributed by atoms with E-state index in [0.717, 1.165) is 0 Å². The molecule has 24 heavy (non-hydrogen) atoms. The quantitative estimate of drug-likeness (QED) is 0.385. The largest absolute Gasteiger partial charge is 0.493 e. The standard InChI is InChI=1S/C15H13F3N2O4/c1-22-9-6-4-7-3-5-8(13(19)20)11(10(7)12(9)23-2)24-14(21)15(16,17)18/h3-6H,1-2H3,(H3,19,20). The fourth-order valence-electron chi connectivity index (χ4n) is 2.17. The molecule has 2 aromatic carbocycles. The van der Waals surface area contributed by atoms with E-state index in [4.69, 9.17) is 20.6 Å². The summed E-state index contributed by atoms with van der Waals surface area (Å²) in [6, 6.07) is 5.89. The SMILES string of the molecule is COc1ccc2ccc(C(=N)N)c(OC(=O)C(F)(F)F)c2c1OC. The molecule has 0 spiro atoms. The van der Waals surface area contributed by atoms with Crippen molar-refractivity contribution in [2.45, 2.75) is 6.18 Å². The zero-order valence-corrected chi connectivity index (χ0v) is 12.7. The van der Waals surface area contributed by atoms with Crippen LogP contribution in [-0.4, -0.2) is 32.2 Å². The fraction of sp³-hybridized carbons (Fsp3) is 0.200. The van der Waals surface area contributed by atoms with E-state index in [-0.39, 0.29) is 22.4 Å². The highest BCUT2D eigenvalue weighted by Crippen LogP contribution is 2.42. The van der Waals surface area contributed by atoms with Crippen LogP contribution in [0.5, 0.6) is 17.2 Å². The number of nitrogen functional groups attached to an aromatic ring is 1. The molecule has 0 bridgehead atoms. The van der Waals surface area contributed by atoms with E-state index in [2.05, 4.69) is 4.74 Å². The van der Waals surface area contributed by atoms with Crippen molar-refractivity contribution >= 4 is 22.6 Å². The molecule has 0 aliphatic carbocycles. The van der Waals surface area contributed by atoms with Crippen molar-refractivity contribution in [1.29, 1.82) is 5.41 Å². The Labute approximate surface area is 134 Å². The number of nitrogens with one attached hydrogen (secondary N) is 1. The number of rotatable bonds is 4. The van der Waals surface area contributed by atoms with Crippen LogP contribution in [0.3, 0.4) is 0 Å². The number of methoxy groups -OCH3 is 2. The molecule has 0 atom stereocenters. The topological polar surface area (TPSA) is 94.6 Å². The van der Waals surface area contributed by atoms with E-state index in [1.54, 1.807) is 12.1 Å². The summed E-state index contributed by atoms with van der Waals surface area (Å²) in [4.78, 5) is 11.3. The molecule has 0 aromatic heterocycles. The molecule has 2 aromatic rings. The Hall–Kier alpha value is -2.97. The van der Waals surface area contributed by atoms with Gasteiger partial charge in [0, 0.05) is 0 Å². The van der Waals surface area contributed by atoms with Gasteiger partial charge in [-0.05, 0) is 17.5 Å². The second-order valence-corrected chi connectivity index (χ2v) is 4.64. The number of halogens is 3. The maximum atomic E-state index is 12.6. The number of esters is 1. The summed E-state index contributed by atoms with van der Waals surface area (Å²) in [5, 5.41) is 7.97. The highest BCUT2D eigenvalue weighted by molar-refractivity contribution is 6.08. The molecule has 9 heteroatoms. The molecular weight excluding hydrogens is 329 g/mol. The summed E-state index contributed by atoms with van der Waals surface area (Å²) >= 11 is 0. The summed E-state index contributed by atoms with van der Waals surface area (Å²) in [7, 11) is 2.63. The van der Waals surface area contributed by atoms with E-state index < -0.39 is 23.7 Å². The Bertz CT molecular complexity index is 818. The lowest BCUT2D eigenvalue weighted by Gasteiger charge is -2.17. The van der Waals surface area contributed by atoms with Gasteiger partial charge in [0.15, 0.2) is 17.2 Å². The summed E-state index contributed by atoms with van der Waals surface area (Å²) in [5.41, 5.74) is 5.22. The highest BCUT2D eigenvalue weighted by atomic mass is 19.4. The number of hydrogen-bond acceptors (Lipinski definition) is 5. The molecule has 0 fully saturated rings. The van der Waals surface area contributed by atoms with Crippen LogP contribution in [0.4, 0.5) is 13.2 Å². The van der Waals surface area contributed by atoms with Gasteiger partial charge >= 0.3 is 12.1 Å². The van der Waals surface area contributed by atoms with Gasteiger partial charge in [-0.3, -0.25) is 5.41 Å². The Morgan fingerprint density at radius 3 is 2.21 bits per heavy atom. The average molecular weight is 342 g/mol. The molecule has 0 unspecified atom stereocenters. The van der Waals surface area contributed by atoms with Crippen LogP contribution in [0, 0.1) is 5.41 Å². The van der Waals surface area contributed by atoms with Crippen molar-refractivity contribution < 1.29 is 32.2 Å².